The smallest absolute Gasteiger partial charge is 0.192 e. The van der Waals surface area contributed by atoms with Crippen molar-refractivity contribution in [2.45, 2.75) is 17.5 Å². The molecule has 0 aliphatic carbocycles. The number of aromatic nitrogens is 4. The van der Waals surface area contributed by atoms with Crippen molar-refractivity contribution in [2.75, 3.05) is 0 Å². The summed E-state index contributed by atoms with van der Waals surface area (Å²) in [7, 11) is 0. The molecule has 0 saturated heterocycles. The van der Waals surface area contributed by atoms with Crippen LogP contribution in [0.3, 0.4) is 0 Å². The third kappa shape index (κ3) is 4.45. The molecule has 0 N–H and O–H groups in total. The molecule has 8 heteroatoms. The number of thiazole rings is 1. The minimum Gasteiger partial charge on any atom is -0.472 e. The summed E-state index contributed by atoms with van der Waals surface area (Å²) in [6.07, 6.45) is 3.34. The van der Waals surface area contributed by atoms with E-state index in [0.717, 1.165) is 32.5 Å². The number of nitrogens with zero attached hydrogens (tertiary/aromatic N) is 4. The minimum atomic E-state index is -0.274. The average Bonchev–Trinajstić information content (AvgIpc) is 3.55. The van der Waals surface area contributed by atoms with Crippen molar-refractivity contribution >= 4 is 23.1 Å². The van der Waals surface area contributed by atoms with E-state index >= 15 is 0 Å². The van der Waals surface area contributed by atoms with Gasteiger partial charge in [0.15, 0.2) is 11.0 Å². The minimum absolute atomic E-state index is 0.274. The highest BCUT2D eigenvalue weighted by atomic mass is 32.2. The van der Waals surface area contributed by atoms with Crippen LogP contribution in [-0.2, 0) is 12.3 Å². The van der Waals surface area contributed by atoms with E-state index in [0.29, 0.717) is 18.1 Å². The Labute approximate surface area is 186 Å². The van der Waals surface area contributed by atoms with E-state index in [2.05, 4.69) is 26.9 Å². The fraction of sp³-hybridized carbons (Fsp3) is 0.0870. The molecule has 2 aromatic carbocycles. The first-order valence-electron chi connectivity index (χ1n) is 9.59. The van der Waals surface area contributed by atoms with E-state index < -0.39 is 0 Å². The van der Waals surface area contributed by atoms with Crippen molar-refractivity contribution in [3.63, 3.8) is 0 Å². The highest BCUT2D eigenvalue weighted by Gasteiger charge is 2.16. The Morgan fingerprint density at radius 2 is 1.81 bits per heavy atom. The number of furan rings is 1. The van der Waals surface area contributed by atoms with Gasteiger partial charge in [0.1, 0.15) is 17.1 Å². The molecule has 3 aromatic heterocycles. The predicted octanol–water partition coefficient (Wildman–Crippen LogP) is 6.14. The number of thioether (sulfide) groups is 1. The van der Waals surface area contributed by atoms with Gasteiger partial charge in [-0.2, -0.15) is 0 Å². The van der Waals surface area contributed by atoms with Crippen molar-refractivity contribution in [3.05, 3.63) is 95.6 Å². The van der Waals surface area contributed by atoms with Gasteiger partial charge in [-0.15, -0.1) is 21.5 Å². The Kier molecular flexibility index (Phi) is 5.64. The van der Waals surface area contributed by atoms with Gasteiger partial charge in [-0.05, 0) is 35.9 Å². The molecule has 0 fully saturated rings. The van der Waals surface area contributed by atoms with E-state index in [-0.39, 0.29) is 5.82 Å². The molecular formula is C23H17FN4OS2. The van der Waals surface area contributed by atoms with Gasteiger partial charge in [0.25, 0.3) is 0 Å². The van der Waals surface area contributed by atoms with Crippen LogP contribution in [0.5, 0.6) is 0 Å². The molecule has 0 radical (unpaired) electrons. The monoisotopic (exact) mass is 448 g/mol. The first kappa shape index (κ1) is 19.7. The zero-order valence-corrected chi connectivity index (χ0v) is 17.9. The van der Waals surface area contributed by atoms with Crippen LogP contribution in [0.2, 0.25) is 0 Å². The van der Waals surface area contributed by atoms with Gasteiger partial charge in [-0.3, -0.25) is 4.57 Å². The van der Waals surface area contributed by atoms with Crippen LogP contribution in [0.15, 0.2) is 88.1 Å². The molecule has 5 rings (SSSR count). The van der Waals surface area contributed by atoms with E-state index in [1.807, 2.05) is 29.6 Å². The summed E-state index contributed by atoms with van der Waals surface area (Å²) in [4.78, 5) is 4.69. The lowest BCUT2D eigenvalue weighted by molar-refractivity contribution is 0.568. The quantitative estimate of drug-likeness (QED) is 0.280. The Morgan fingerprint density at radius 1 is 0.968 bits per heavy atom. The van der Waals surface area contributed by atoms with Crippen LogP contribution in [0.25, 0.3) is 22.0 Å². The number of hydrogen-bond donors (Lipinski definition) is 0. The third-order valence-electron chi connectivity index (χ3n) is 4.67. The van der Waals surface area contributed by atoms with Crippen LogP contribution < -0.4 is 0 Å². The summed E-state index contributed by atoms with van der Waals surface area (Å²) in [6.45, 7) is 0.625. The maximum absolute atomic E-state index is 13.4. The molecule has 3 heterocycles. The molecule has 154 valence electrons. The Bertz CT molecular complexity index is 1260. The van der Waals surface area contributed by atoms with Gasteiger partial charge in [-0.1, -0.05) is 42.1 Å². The van der Waals surface area contributed by atoms with E-state index in [4.69, 9.17) is 9.40 Å². The number of hydrogen-bond acceptors (Lipinski definition) is 6. The van der Waals surface area contributed by atoms with E-state index in [9.17, 15) is 4.39 Å². The first-order valence-corrected chi connectivity index (χ1v) is 11.5. The van der Waals surface area contributed by atoms with Crippen molar-refractivity contribution in [3.8, 4) is 22.0 Å². The van der Waals surface area contributed by atoms with Crippen molar-refractivity contribution in [1.29, 1.82) is 0 Å². The van der Waals surface area contributed by atoms with Gasteiger partial charge >= 0.3 is 0 Å². The third-order valence-corrected chi connectivity index (χ3v) is 6.61. The Morgan fingerprint density at radius 3 is 2.58 bits per heavy atom. The lowest BCUT2D eigenvalue weighted by Gasteiger charge is -2.10. The number of rotatable bonds is 7. The SMILES string of the molecule is Fc1ccc(-c2nnc(SCc3csc(-c4ccoc4)n3)n2Cc2ccccc2)cc1. The van der Waals surface area contributed by atoms with Gasteiger partial charge in [0, 0.05) is 22.3 Å². The second-order valence-corrected chi connectivity index (χ2v) is 8.63. The molecule has 5 nitrogen and oxygen atoms in total. The number of halogens is 1. The Balaban J connectivity index is 1.41. The predicted molar refractivity (Wildman–Crippen MR) is 120 cm³/mol. The summed E-state index contributed by atoms with van der Waals surface area (Å²) in [5.74, 6) is 1.11. The molecular weight excluding hydrogens is 431 g/mol. The summed E-state index contributed by atoms with van der Waals surface area (Å²) < 4.78 is 20.6. The zero-order valence-electron chi connectivity index (χ0n) is 16.3. The first-order chi connectivity index (χ1) is 15.3. The lowest BCUT2D eigenvalue weighted by atomic mass is 10.2. The summed E-state index contributed by atoms with van der Waals surface area (Å²) >= 11 is 3.17. The van der Waals surface area contributed by atoms with Crippen molar-refractivity contribution < 1.29 is 8.81 Å². The van der Waals surface area contributed by atoms with Crippen LogP contribution >= 0.6 is 23.1 Å². The molecule has 0 aliphatic rings. The molecule has 0 spiro atoms. The van der Waals surface area contributed by atoms with Gasteiger partial charge in [0.05, 0.1) is 18.5 Å². The molecule has 0 saturated carbocycles. The molecule has 0 bridgehead atoms. The highest BCUT2D eigenvalue weighted by molar-refractivity contribution is 7.98. The maximum Gasteiger partial charge on any atom is 0.192 e. The Hall–Kier alpha value is -3.23. The van der Waals surface area contributed by atoms with Gasteiger partial charge in [0.2, 0.25) is 0 Å². The van der Waals surface area contributed by atoms with Crippen LogP contribution in [-0.4, -0.2) is 19.7 Å². The van der Waals surface area contributed by atoms with Crippen LogP contribution in [0, 0.1) is 5.82 Å². The molecule has 5 aromatic rings. The summed E-state index contributed by atoms with van der Waals surface area (Å²) in [5, 5.41) is 12.6. The largest absolute Gasteiger partial charge is 0.472 e. The van der Waals surface area contributed by atoms with E-state index in [1.54, 1.807) is 47.8 Å². The maximum atomic E-state index is 13.4. The summed E-state index contributed by atoms with van der Waals surface area (Å²) in [5.41, 5.74) is 3.92. The van der Waals surface area contributed by atoms with Crippen molar-refractivity contribution in [2.24, 2.45) is 0 Å². The fourth-order valence-corrected chi connectivity index (χ4v) is 4.89. The van der Waals surface area contributed by atoms with Gasteiger partial charge < -0.3 is 4.42 Å². The molecule has 0 aliphatic heterocycles. The molecule has 0 atom stereocenters. The second-order valence-electron chi connectivity index (χ2n) is 6.83. The topological polar surface area (TPSA) is 56.7 Å². The standard InChI is InChI=1S/C23H17FN4OS2/c24-19-8-6-17(7-9-19)21-26-27-23(28(21)12-16-4-2-1-3-5-16)31-15-20-14-30-22(25-20)18-10-11-29-13-18/h1-11,13-14H,12,15H2. The molecule has 31 heavy (non-hydrogen) atoms. The molecule has 0 amide bonds. The average molecular weight is 449 g/mol. The van der Waals surface area contributed by atoms with Crippen LogP contribution in [0.1, 0.15) is 11.3 Å². The normalized spacial score (nSPS) is 11.1. The van der Waals surface area contributed by atoms with Gasteiger partial charge in [-0.25, -0.2) is 9.37 Å². The van der Waals surface area contributed by atoms with E-state index in [1.165, 1.54) is 12.1 Å². The molecule has 0 unspecified atom stereocenters. The fourth-order valence-electron chi connectivity index (χ4n) is 3.15. The summed E-state index contributed by atoms with van der Waals surface area (Å²) in [6, 6.07) is 18.4. The highest BCUT2D eigenvalue weighted by Crippen LogP contribution is 2.30. The van der Waals surface area contributed by atoms with Crippen molar-refractivity contribution in [1.82, 2.24) is 19.7 Å². The lowest BCUT2D eigenvalue weighted by Crippen LogP contribution is -2.04. The zero-order chi connectivity index (χ0) is 21.0. The van der Waals surface area contributed by atoms with Crippen LogP contribution in [0.4, 0.5) is 4.39 Å². The second kappa shape index (κ2) is 8.87. The number of benzene rings is 2.